The third-order valence-electron chi connectivity index (χ3n) is 3.49. The van der Waals surface area contributed by atoms with Crippen LogP contribution in [0.15, 0.2) is 24.9 Å². The Kier molecular flexibility index (Phi) is 5.19. The second-order valence-corrected chi connectivity index (χ2v) is 6.54. The van der Waals surface area contributed by atoms with Gasteiger partial charge in [0.1, 0.15) is 5.60 Å². The van der Waals surface area contributed by atoms with E-state index in [1.165, 1.54) is 5.56 Å². The molecule has 1 aliphatic rings. The van der Waals surface area contributed by atoms with Crippen molar-refractivity contribution in [2.45, 2.75) is 32.9 Å². The first-order valence-corrected chi connectivity index (χ1v) is 7.65. The van der Waals surface area contributed by atoms with Crippen LogP contribution in [0.2, 0.25) is 0 Å². The van der Waals surface area contributed by atoms with Crippen molar-refractivity contribution in [2.24, 2.45) is 0 Å². The SMILES string of the molecule is C=Cc1ccc(CN2CCN(C(=O)OC(C)(C)C)CC2)cn1. The van der Waals surface area contributed by atoms with Gasteiger partial charge >= 0.3 is 6.09 Å². The Morgan fingerprint density at radius 2 is 2.00 bits per heavy atom. The van der Waals surface area contributed by atoms with Gasteiger partial charge in [-0.15, -0.1) is 0 Å². The first kappa shape index (κ1) is 16.5. The van der Waals surface area contributed by atoms with E-state index in [1.807, 2.05) is 33.0 Å². The Morgan fingerprint density at radius 3 is 2.50 bits per heavy atom. The average molecular weight is 303 g/mol. The van der Waals surface area contributed by atoms with Gasteiger partial charge in [0.2, 0.25) is 0 Å². The van der Waals surface area contributed by atoms with Crippen molar-refractivity contribution >= 4 is 12.2 Å². The highest BCUT2D eigenvalue weighted by Gasteiger charge is 2.25. The molecular formula is C17H25N3O2. The molecule has 0 aromatic carbocycles. The summed E-state index contributed by atoms with van der Waals surface area (Å²) in [7, 11) is 0. The summed E-state index contributed by atoms with van der Waals surface area (Å²) in [5, 5.41) is 0. The molecule has 120 valence electrons. The molecule has 1 amide bonds. The van der Waals surface area contributed by atoms with Gasteiger partial charge in [-0.2, -0.15) is 0 Å². The summed E-state index contributed by atoms with van der Waals surface area (Å²) in [5.41, 5.74) is 1.63. The van der Waals surface area contributed by atoms with Gasteiger partial charge in [-0.3, -0.25) is 9.88 Å². The lowest BCUT2D eigenvalue weighted by Gasteiger charge is -2.35. The zero-order valence-corrected chi connectivity index (χ0v) is 13.7. The maximum atomic E-state index is 12.0. The predicted octanol–water partition coefficient (Wildman–Crippen LogP) is 2.78. The summed E-state index contributed by atoms with van der Waals surface area (Å²) in [6.45, 7) is 13.3. The van der Waals surface area contributed by atoms with Crippen LogP contribution < -0.4 is 0 Å². The molecule has 1 aliphatic heterocycles. The minimum absolute atomic E-state index is 0.218. The lowest BCUT2D eigenvalue weighted by Crippen LogP contribution is -2.49. The van der Waals surface area contributed by atoms with E-state index >= 15 is 0 Å². The van der Waals surface area contributed by atoms with Crippen LogP contribution in [-0.4, -0.2) is 52.7 Å². The summed E-state index contributed by atoms with van der Waals surface area (Å²) in [4.78, 5) is 20.4. The summed E-state index contributed by atoms with van der Waals surface area (Å²) < 4.78 is 5.41. The van der Waals surface area contributed by atoms with Crippen LogP contribution in [0, 0.1) is 0 Å². The average Bonchev–Trinajstić information content (AvgIpc) is 2.47. The lowest BCUT2D eigenvalue weighted by molar-refractivity contribution is 0.0139. The van der Waals surface area contributed by atoms with Crippen LogP contribution in [0.1, 0.15) is 32.0 Å². The number of amides is 1. The van der Waals surface area contributed by atoms with Crippen molar-refractivity contribution < 1.29 is 9.53 Å². The van der Waals surface area contributed by atoms with E-state index in [-0.39, 0.29) is 6.09 Å². The van der Waals surface area contributed by atoms with Crippen LogP contribution in [0.5, 0.6) is 0 Å². The Morgan fingerprint density at radius 1 is 1.32 bits per heavy atom. The first-order valence-electron chi connectivity index (χ1n) is 7.65. The molecule has 0 spiro atoms. The minimum Gasteiger partial charge on any atom is -0.444 e. The lowest BCUT2D eigenvalue weighted by atomic mass is 10.2. The minimum atomic E-state index is -0.438. The molecule has 0 atom stereocenters. The zero-order chi connectivity index (χ0) is 16.2. The molecule has 0 bridgehead atoms. The van der Waals surface area contributed by atoms with E-state index in [9.17, 15) is 4.79 Å². The smallest absolute Gasteiger partial charge is 0.410 e. The Hall–Kier alpha value is -1.88. The van der Waals surface area contributed by atoms with Crippen LogP contribution in [0.25, 0.3) is 6.08 Å². The number of piperazine rings is 1. The standard InChI is InChI=1S/C17H25N3O2/c1-5-15-7-6-14(12-18-15)13-19-8-10-20(11-9-19)16(21)22-17(2,3)4/h5-7,12H,1,8-11,13H2,2-4H3. The topological polar surface area (TPSA) is 45.7 Å². The van der Waals surface area contributed by atoms with Gasteiger partial charge in [0.15, 0.2) is 0 Å². The number of ether oxygens (including phenoxy) is 1. The van der Waals surface area contributed by atoms with Gasteiger partial charge in [0.25, 0.3) is 0 Å². The number of aromatic nitrogens is 1. The van der Waals surface area contributed by atoms with Gasteiger partial charge < -0.3 is 9.64 Å². The molecule has 0 aliphatic carbocycles. The maximum absolute atomic E-state index is 12.0. The summed E-state index contributed by atoms with van der Waals surface area (Å²) in [6, 6.07) is 4.05. The fourth-order valence-corrected chi connectivity index (χ4v) is 2.32. The Balaban J connectivity index is 1.81. The molecule has 1 saturated heterocycles. The molecule has 1 aromatic heterocycles. The molecule has 2 heterocycles. The van der Waals surface area contributed by atoms with Crippen LogP contribution in [0.3, 0.4) is 0 Å². The Labute approximate surface area is 132 Å². The fourth-order valence-electron chi connectivity index (χ4n) is 2.32. The maximum Gasteiger partial charge on any atom is 0.410 e. The monoisotopic (exact) mass is 303 g/mol. The number of hydrogen-bond donors (Lipinski definition) is 0. The molecule has 0 N–H and O–H groups in total. The van der Waals surface area contributed by atoms with Gasteiger partial charge in [-0.1, -0.05) is 12.6 Å². The molecule has 1 fully saturated rings. The molecule has 0 radical (unpaired) electrons. The van der Waals surface area contributed by atoms with E-state index in [1.54, 1.807) is 11.0 Å². The normalized spacial score (nSPS) is 16.4. The number of hydrogen-bond acceptors (Lipinski definition) is 4. The molecular weight excluding hydrogens is 278 g/mol. The molecule has 1 aromatic rings. The Bertz CT molecular complexity index is 512. The van der Waals surface area contributed by atoms with E-state index < -0.39 is 5.60 Å². The summed E-state index contributed by atoms with van der Waals surface area (Å²) in [6.07, 6.45) is 3.41. The van der Waals surface area contributed by atoms with Crippen LogP contribution in [0.4, 0.5) is 4.79 Å². The van der Waals surface area contributed by atoms with Gasteiger partial charge in [-0.25, -0.2) is 4.79 Å². The molecule has 5 nitrogen and oxygen atoms in total. The van der Waals surface area contributed by atoms with Crippen LogP contribution >= 0.6 is 0 Å². The van der Waals surface area contributed by atoms with E-state index in [4.69, 9.17) is 4.74 Å². The summed E-state index contributed by atoms with van der Waals surface area (Å²) in [5.74, 6) is 0. The molecule has 0 unspecified atom stereocenters. The first-order chi connectivity index (χ1) is 10.4. The van der Waals surface area contributed by atoms with E-state index in [0.29, 0.717) is 13.1 Å². The van der Waals surface area contributed by atoms with Crippen molar-refractivity contribution in [3.05, 3.63) is 36.2 Å². The number of carbonyl (C=O) groups excluding carboxylic acids is 1. The van der Waals surface area contributed by atoms with E-state index in [0.717, 1.165) is 25.3 Å². The highest BCUT2D eigenvalue weighted by atomic mass is 16.6. The number of pyridine rings is 1. The highest BCUT2D eigenvalue weighted by Crippen LogP contribution is 2.13. The van der Waals surface area contributed by atoms with Crippen molar-refractivity contribution in [3.8, 4) is 0 Å². The number of rotatable bonds is 3. The quantitative estimate of drug-likeness (QED) is 0.861. The molecule has 5 heteroatoms. The van der Waals surface area contributed by atoms with Gasteiger partial charge in [0.05, 0.1) is 5.69 Å². The summed E-state index contributed by atoms with van der Waals surface area (Å²) >= 11 is 0. The van der Waals surface area contributed by atoms with Gasteiger partial charge in [0, 0.05) is 38.9 Å². The number of carbonyl (C=O) groups is 1. The molecule has 22 heavy (non-hydrogen) atoms. The fraction of sp³-hybridized carbons (Fsp3) is 0.529. The number of nitrogens with zero attached hydrogens (tertiary/aromatic N) is 3. The zero-order valence-electron chi connectivity index (χ0n) is 13.7. The predicted molar refractivity (Wildman–Crippen MR) is 87.4 cm³/mol. The van der Waals surface area contributed by atoms with Crippen LogP contribution in [-0.2, 0) is 11.3 Å². The van der Waals surface area contributed by atoms with Crippen molar-refractivity contribution in [3.63, 3.8) is 0 Å². The largest absolute Gasteiger partial charge is 0.444 e. The molecule has 2 rings (SSSR count). The second-order valence-electron chi connectivity index (χ2n) is 6.54. The third-order valence-corrected chi connectivity index (χ3v) is 3.49. The highest BCUT2D eigenvalue weighted by molar-refractivity contribution is 5.68. The molecule has 0 saturated carbocycles. The third kappa shape index (κ3) is 4.84. The van der Waals surface area contributed by atoms with Crippen molar-refractivity contribution in [1.29, 1.82) is 0 Å². The second kappa shape index (κ2) is 6.92. The van der Waals surface area contributed by atoms with Crippen molar-refractivity contribution in [2.75, 3.05) is 26.2 Å². The van der Waals surface area contributed by atoms with Gasteiger partial charge in [-0.05, 0) is 38.5 Å². The van der Waals surface area contributed by atoms with Crippen molar-refractivity contribution in [1.82, 2.24) is 14.8 Å². The van der Waals surface area contributed by atoms with E-state index in [2.05, 4.69) is 22.5 Å².